The molecule has 1 heterocycles. The van der Waals surface area contributed by atoms with Gasteiger partial charge in [0.1, 0.15) is 11.6 Å². The van der Waals surface area contributed by atoms with Gasteiger partial charge in [-0.05, 0) is 6.07 Å². The fourth-order valence-corrected chi connectivity index (χ4v) is 1.44. The van der Waals surface area contributed by atoms with Gasteiger partial charge in [0.15, 0.2) is 11.6 Å². The molecule has 2 aromatic rings. The van der Waals surface area contributed by atoms with Gasteiger partial charge < -0.3 is 10.5 Å². The second-order valence-corrected chi connectivity index (χ2v) is 3.17. The number of anilines is 1. The first-order valence-corrected chi connectivity index (χ1v) is 4.46. The fraction of sp³-hybridized carbons (Fsp3) is 0.100. The summed E-state index contributed by atoms with van der Waals surface area (Å²) in [5.41, 5.74) is 6.05. The number of ether oxygens (including phenoxy) is 1. The molecule has 4 nitrogen and oxygen atoms in total. The molecule has 0 saturated carbocycles. The Morgan fingerprint density at radius 1 is 1.31 bits per heavy atom. The zero-order valence-corrected chi connectivity index (χ0v) is 8.42. The van der Waals surface area contributed by atoms with E-state index in [0.29, 0.717) is 5.69 Å². The number of methoxy groups -OCH3 is 1. The lowest BCUT2D eigenvalue weighted by Gasteiger charge is -2.07. The van der Waals surface area contributed by atoms with Crippen molar-refractivity contribution < 1.29 is 13.5 Å². The van der Waals surface area contributed by atoms with Crippen LogP contribution in [0.1, 0.15) is 0 Å². The maximum absolute atomic E-state index is 13.4. The van der Waals surface area contributed by atoms with Crippen molar-refractivity contribution in [1.29, 1.82) is 0 Å². The highest BCUT2D eigenvalue weighted by atomic mass is 19.1. The minimum atomic E-state index is -0.773. The van der Waals surface area contributed by atoms with Gasteiger partial charge in [0.25, 0.3) is 0 Å². The van der Waals surface area contributed by atoms with Crippen LogP contribution in [0.25, 0.3) is 11.3 Å². The van der Waals surface area contributed by atoms with E-state index in [-0.39, 0.29) is 17.1 Å². The van der Waals surface area contributed by atoms with Crippen molar-refractivity contribution in [3.8, 4) is 17.0 Å². The lowest BCUT2D eigenvalue weighted by Crippen LogP contribution is -1.94. The Kier molecular flexibility index (Phi) is 2.47. The van der Waals surface area contributed by atoms with Crippen LogP contribution in [-0.2, 0) is 0 Å². The third-order valence-corrected chi connectivity index (χ3v) is 2.10. The lowest BCUT2D eigenvalue weighted by molar-refractivity contribution is 0.386. The second kappa shape index (κ2) is 3.80. The predicted molar refractivity (Wildman–Crippen MR) is 54.9 cm³/mol. The molecule has 0 aliphatic heterocycles. The highest BCUT2D eigenvalue weighted by Crippen LogP contribution is 2.32. The van der Waals surface area contributed by atoms with Gasteiger partial charge in [0, 0.05) is 17.7 Å². The van der Waals surface area contributed by atoms with Crippen LogP contribution in [-0.4, -0.2) is 17.3 Å². The van der Waals surface area contributed by atoms with Gasteiger partial charge >= 0.3 is 0 Å². The molecular formula is C10H9F2N3O. The van der Waals surface area contributed by atoms with E-state index in [9.17, 15) is 8.78 Å². The van der Waals surface area contributed by atoms with E-state index in [2.05, 4.69) is 10.2 Å². The van der Waals surface area contributed by atoms with E-state index >= 15 is 0 Å². The van der Waals surface area contributed by atoms with Crippen molar-refractivity contribution in [3.05, 3.63) is 29.8 Å². The average Bonchev–Trinajstić information content (AvgIpc) is 2.63. The number of aromatic nitrogens is 2. The lowest BCUT2D eigenvalue weighted by atomic mass is 10.1. The number of benzene rings is 1. The first-order valence-electron chi connectivity index (χ1n) is 4.46. The molecule has 0 saturated heterocycles. The van der Waals surface area contributed by atoms with Gasteiger partial charge in [-0.3, -0.25) is 5.10 Å². The number of nitrogen functional groups attached to an aromatic ring is 1. The van der Waals surface area contributed by atoms with Crippen molar-refractivity contribution in [3.63, 3.8) is 0 Å². The zero-order valence-electron chi connectivity index (χ0n) is 8.42. The normalized spacial score (nSPS) is 10.4. The van der Waals surface area contributed by atoms with Gasteiger partial charge in [0.2, 0.25) is 0 Å². The average molecular weight is 225 g/mol. The highest BCUT2D eigenvalue weighted by molar-refractivity contribution is 5.69. The first-order chi connectivity index (χ1) is 7.61. The van der Waals surface area contributed by atoms with E-state index < -0.39 is 11.6 Å². The van der Waals surface area contributed by atoms with Gasteiger partial charge in [-0.15, -0.1) is 0 Å². The minimum Gasteiger partial charge on any atom is -0.493 e. The van der Waals surface area contributed by atoms with Crippen molar-refractivity contribution in [2.45, 2.75) is 0 Å². The Labute approximate surface area is 90.0 Å². The molecule has 0 fully saturated rings. The number of halogens is 2. The van der Waals surface area contributed by atoms with E-state index in [0.717, 1.165) is 12.1 Å². The van der Waals surface area contributed by atoms with Crippen molar-refractivity contribution in [2.75, 3.05) is 12.8 Å². The summed E-state index contributed by atoms with van der Waals surface area (Å²) in [4.78, 5) is 0. The van der Waals surface area contributed by atoms with Crippen LogP contribution in [0.3, 0.4) is 0 Å². The first kappa shape index (κ1) is 10.4. The smallest absolute Gasteiger partial charge is 0.168 e. The highest BCUT2D eigenvalue weighted by Gasteiger charge is 2.15. The molecule has 0 amide bonds. The summed E-state index contributed by atoms with van der Waals surface area (Å²) in [6.07, 6.45) is 0. The Hall–Kier alpha value is -2.11. The molecule has 2 rings (SSSR count). The molecule has 16 heavy (non-hydrogen) atoms. The van der Waals surface area contributed by atoms with Gasteiger partial charge in [0.05, 0.1) is 12.8 Å². The molecule has 1 aromatic heterocycles. The molecule has 3 N–H and O–H groups in total. The standard InChI is InChI=1S/C10H9F2N3O/c1-16-10-6(2-5(11)3-7(10)12)8-4-9(13)15-14-8/h2-4H,1H3,(H3,13,14,15). The van der Waals surface area contributed by atoms with E-state index in [1.165, 1.54) is 13.2 Å². The number of rotatable bonds is 2. The summed E-state index contributed by atoms with van der Waals surface area (Å²) in [6.45, 7) is 0. The summed E-state index contributed by atoms with van der Waals surface area (Å²) in [5, 5.41) is 6.24. The third kappa shape index (κ3) is 1.69. The van der Waals surface area contributed by atoms with Crippen LogP contribution in [0.5, 0.6) is 5.75 Å². The quantitative estimate of drug-likeness (QED) is 0.820. The van der Waals surface area contributed by atoms with Gasteiger partial charge in [-0.25, -0.2) is 8.78 Å². The molecule has 6 heteroatoms. The van der Waals surface area contributed by atoms with Crippen molar-refractivity contribution in [1.82, 2.24) is 10.2 Å². The van der Waals surface area contributed by atoms with E-state index in [4.69, 9.17) is 10.5 Å². The molecule has 0 bridgehead atoms. The Balaban J connectivity index is 2.63. The Bertz CT molecular complexity index is 525. The molecule has 0 spiro atoms. The molecule has 0 atom stereocenters. The maximum atomic E-state index is 13.4. The van der Waals surface area contributed by atoms with Crippen LogP contribution in [0.4, 0.5) is 14.6 Å². The van der Waals surface area contributed by atoms with Crippen LogP contribution < -0.4 is 10.5 Å². The largest absolute Gasteiger partial charge is 0.493 e. The number of nitrogens with one attached hydrogen (secondary N) is 1. The number of H-pyrrole nitrogens is 1. The third-order valence-electron chi connectivity index (χ3n) is 2.10. The SMILES string of the molecule is COc1c(F)cc(F)cc1-c1cc(N)n[nH]1. The zero-order chi connectivity index (χ0) is 11.7. The van der Waals surface area contributed by atoms with E-state index in [1.54, 1.807) is 0 Å². The van der Waals surface area contributed by atoms with Gasteiger partial charge in [-0.2, -0.15) is 5.10 Å². The van der Waals surface area contributed by atoms with Crippen molar-refractivity contribution in [2.24, 2.45) is 0 Å². The molecule has 0 aliphatic carbocycles. The monoisotopic (exact) mass is 225 g/mol. The molecule has 1 aromatic carbocycles. The Morgan fingerprint density at radius 3 is 2.62 bits per heavy atom. The molecule has 84 valence electrons. The summed E-state index contributed by atoms with van der Waals surface area (Å²) in [6, 6.07) is 3.37. The van der Waals surface area contributed by atoms with Crippen LogP contribution >= 0.6 is 0 Å². The maximum Gasteiger partial charge on any atom is 0.168 e. The number of hydrogen-bond acceptors (Lipinski definition) is 3. The van der Waals surface area contributed by atoms with Crippen LogP contribution in [0.15, 0.2) is 18.2 Å². The topological polar surface area (TPSA) is 63.9 Å². The van der Waals surface area contributed by atoms with Crippen LogP contribution in [0, 0.1) is 11.6 Å². The summed E-state index contributed by atoms with van der Waals surface area (Å²) in [7, 11) is 1.31. The molecule has 0 radical (unpaired) electrons. The summed E-state index contributed by atoms with van der Waals surface area (Å²) in [5.74, 6) is -1.28. The van der Waals surface area contributed by atoms with Crippen LogP contribution in [0.2, 0.25) is 0 Å². The minimum absolute atomic E-state index is 0.0509. The molecule has 0 unspecified atom stereocenters. The van der Waals surface area contributed by atoms with Crippen molar-refractivity contribution >= 4 is 5.82 Å². The Morgan fingerprint density at radius 2 is 2.06 bits per heavy atom. The predicted octanol–water partition coefficient (Wildman–Crippen LogP) is 1.95. The number of hydrogen-bond donors (Lipinski definition) is 2. The number of aromatic amines is 1. The summed E-state index contributed by atoms with van der Waals surface area (Å²) < 4.78 is 31.3. The fourth-order valence-electron chi connectivity index (χ4n) is 1.44. The molecule has 0 aliphatic rings. The number of nitrogens with two attached hydrogens (primary N) is 1. The van der Waals surface area contributed by atoms with Gasteiger partial charge in [-0.1, -0.05) is 0 Å². The second-order valence-electron chi connectivity index (χ2n) is 3.17. The molecular weight excluding hydrogens is 216 g/mol. The number of nitrogens with zero attached hydrogens (tertiary/aromatic N) is 1. The summed E-state index contributed by atoms with van der Waals surface area (Å²) >= 11 is 0. The van der Waals surface area contributed by atoms with E-state index in [1.807, 2.05) is 0 Å².